The van der Waals surface area contributed by atoms with Crippen molar-refractivity contribution in [2.75, 3.05) is 19.8 Å². The zero-order chi connectivity index (χ0) is 13.5. The van der Waals surface area contributed by atoms with Crippen molar-refractivity contribution < 1.29 is 4.74 Å². The summed E-state index contributed by atoms with van der Waals surface area (Å²) in [5.41, 5.74) is 1.39. The average molecular weight is 261 g/mol. The summed E-state index contributed by atoms with van der Waals surface area (Å²) < 4.78 is 5.67. The highest BCUT2D eigenvalue weighted by Gasteiger charge is 2.20. The van der Waals surface area contributed by atoms with Crippen molar-refractivity contribution in [1.29, 1.82) is 0 Å². The number of hydrogen-bond donors (Lipinski definition) is 1. The van der Waals surface area contributed by atoms with E-state index in [0.29, 0.717) is 12.0 Å². The molecule has 1 aliphatic carbocycles. The summed E-state index contributed by atoms with van der Waals surface area (Å²) in [6.45, 7) is 7.44. The maximum absolute atomic E-state index is 5.67. The van der Waals surface area contributed by atoms with Crippen LogP contribution in [-0.4, -0.2) is 19.8 Å². The molecule has 0 amide bonds. The third-order valence-corrected chi connectivity index (χ3v) is 3.71. The van der Waals surface area contributed by atoms with Crippen LogP contribution in [0.15, 0.2) is 30.3 Å². The van der Waals surface area contributed by atoms with Gasteiger partial charge >= 0.3 is 0 Å². The molecule has 0 aliphatic heterocycles. The lowest BCUT2D eigenvalue weighted by molar-refractivity contribution is 0.121. The second-order valence-electron chi connectivity index (χ2n) is 5.96. The molecule has 2 rings (SSSR count). The molecule has 19 heavy (non-hydrogen) atoms. The fraction of sp³-hybridized carbons (Fsp3) is 0.647. The summed E-state index contributed by atoms with van der Waals surface area (Å²) in [6.07, 6.45) is 3.85. The van der Waals surface area contributed by atoms with E-state index in [4.69, 9.17) is 4.74 Å². The molecule has 1 aromatic rings. The minimum atomic E-state index is 0.449. The molecule has 106 valence electrons. The number of nitrogens with one attached hydrogen (secondary N) is 1. The molecule has 1 N–H and O–H groups in total. The lowest BCUT2D eigenvalue weighted by Gasteiger charge is -2.23. The van der Waals surface area contributed by atoms with Crippen LogP contribution >= 0.6 is 0 Å². The van der Waals surface area contributed by atoms with Gasteiger partial charge in [-0.15, -0.1) is 0 Å². The minimum absolute atomic E-state index is 0.449. The third kappa shape index (κ3) is 5.33. The molecule has 1 aliphatic rings. The van der Waals surface area contributed by atoms with Crippen LogP contribution in [0.1, 0.15) is 44.7 Å². The van der Waals surface area contributed by atoms with Gasteiger partial charge in [-0.2, -0.15) is 0 Å². The molecule has 1 unspecified atom stereocenters. The Morgan fingerprint density at radius 2 is 1.95 bits per heavy atom. The molecule has 1 atom stereocenters. The van der Waals surface area contributed by atoms with Crippen molar-refractivity contribution in [3.8, 4) is 0 Å². The highest BCUT2D eigenvalue weighted by atomic mass is 16.5. The van der Waals surface area contributed by atoms with Crippen molar-refractivity contribution in [1.82, 2.24) is 5.32 Å². The third-order valence-electron chi connectivity index (χ3n) is 3.71. The fourth-order valence-corrected chi connectivity index (χ4v) is 2.37. The summed E-state index contributed by atoms with van der Waals surface area (Å²) in [5.74, 6) is 1.48. The van der Waals surface area contributed by atoms with Crippen LogP contribution in [0, 0.1) is 11.8 Å². The molecule has 1 saturated carbocycles. The standard InChI is InChI=1S/C17H27NO/c1-14(2)17(16-7-4-3-5-8-16)18-11-6-12-19-13-15-9-10-15/h3-5,7-8,14-15,17-18H,6,9-13H2,1-2H3. The Hall–Kier alpha value is -0.860. The smallest absolute Gasteiger partial charge is 0.0494 e. The molecular weight excluding hydrogens is 234 g/mol. The first-order valence-corrected chi connectivity index (χ1v) is 7.63. The van der Waals surface area contributed by atoms with Crippen molar-refractivity contribution >= 4 is 0 Å². The average Bonchev–Trinajstić information content (AvgIpc) is 3.22. The van der Waals surface area contributed by atoms with E-state index >= 15 is 0 Å². The van der Waals surface area contributed by atoms with Gasteiger partial charge in [-0.05, 0) is 43.2 Å². The van der Waals surface area contributed by atoms with E-state index in [1.54, 1.807) is 0 Å². The zero-order valence-electron chi connectivity index (χ0n) is 12.3. The monoisotopic (exact) mass is 261 g/mol. The van der Waals surface area contributed by atoms with Gasteiger partial charge in [0.25, 0.3) is 0 Å². The molecule has 1 fully saturated rings. The van der Waals surface area contributed by atoms with Crippen LogP contribution < -0.4 is 5.32 Å². The van der Waals surface area contributed by atoms with Gasteiger partial charge in [-0.25, -0.2) is 0 Å². The molecule has 0 heterocycles. The van der Waals surface area contributed by atoms with Gasteiger partial charge in [-0.1, -0.05) is 44.2 Å². The van der Waals surface area contributed by atoms with Crippen LogP contribution in [0.4, 0.5) is 0 Å². The van der Waals surface area contributed by atoms with E-state index in [2.05, 4.69) is 49.5 Å². The van der Waals surface area contributed by atoms with Crippen molar-refractivity contribution in [3.63, 3.8) is 0 Å². The molecule has 0 radical (unpaired) electrons. The van der Waals surface area contributed by atoms with E-state index in [0.717, 1.165) is 32.1 Å². The number of ether oxygens (including phenoxy) is 1. The summed E-state index contributed by atoms with van der Waals surface area (Å²) in [4.78, 5) is 0. The van der Waals surface area contributed by atoms with E-state index in [9.17, 15) is 0 Å². The fourth-order valence-electron chi connectivity index (χ4n) is 2.37. The van der Waals surface area contributed by atoms with Crippen LogP contribution in [0.3, 0.4) is 0 Å². The first-order valence-electron chi connectivity index (χ1n) is 7.63. The van der Waals surface area contributed by atoms with E-state index in [1.165, 1.54) is 18.4 Å². The zero-order valence-corrected chi connectivity index (χ0v) is 12.3. The van der Waals surface area contributed by atoms with Gasteiger partial charge in [0.05, 0.1) is 0 Å². The normalized spacial score (nSPS) is 16.8. The van der Waals surface area contributed by atoms with Crippen molar-refractivity contribution in [2.24, 2.45) is 11.8 Å². The Morgan fingerprint density at radius 3 is 2.58 bits per heavy atom. The Morgan fingerprint density at radius 1 is 1.21 bits per heavy atom. The second-order valence-corrected chi connectivity index (χ2v) is 5.96. The molecule has 2 nitrogen and oxygen atoms in total. The first kappa shape index (κ1) is 14.5. The Labute approximate surface area is 117 Å². The second kappa shape index (κ2) is 7.66. The molecule has 0 aromatic heterocycles. The lowest BCUT2D eigenvalue weighted by atomic mass is 9.96. The van der Waals surface area contributed by atoms with Gasteiger partial charge in [0.1, 0.15) is 0 Å². The van der Waals surface area contributed by atoms with Crippen LogP contribution in [-0.2, 0) is 4.74 Å². The van der Waals surface area contributed by atoms with Crippen molar-refractivity contribution in [2.45, 2.75) is 39.2 Å². The van der Waals surface area contributed by atoms with Gasteiger partial charge < -0.3 is 10.1 Å². The Bertz CT molecular complexity index is 346. The lowest BCUT2D eigenvalue weighted by Crippen LogP contribution is -2.27. The quantitative estimate of drug-likeness (QED) is 0.683. The van der Waals surface area contributed by atoms with Gasteiger partial charge in [0.15, 0.2) is 0 Å². The molecule has 0 bridgehead atoms. The van der Waals surface area contributed by atoms with E-state index < -0.39 is 0 Å². The molecule has 0 spiro atoms. The van der Waals surface area contributed by atoms with Crippen LogP contribution in [0.2, 0.25) is 0 Å². The maximum Gasteiger partial charge on any atom is 0.0494 e. The number of hydrogen-bond acceptors (Lipinski definition) is 2. The molecule has 1 aromatic carbocycles. The largest absolute Gasteiger partial charge is 0.381 e. The van der Waals surface area contributed by atoms with E-state index in [1.807, 2.05) is 0 Å². The highest BCUT2D eigenvalue weighted by Crippen LogP contribution is 2.28. The SMILES string of the molecule is CC(C)C(NCCCOCC1CC1)c1ccccc1. The Kier molecular flexibility index (Phi) is 5.87. The molecule has 0 saturated heterocycles. The predicted octanol–water partition coefficient (Wildman–Crippen LogP) is 3.79. The van der Waals surface area contributed by atoms with Crippen molar-refractivity contribution in [3.05, 3.63) is 35.9 Å². The number of rotatable bonds is 9. The van der Waals surface area contributed by atoms with Gasteiger partial charge in [0, 0.05) is 19.3 Å². The molecular formula is C17H27NO. The summed E-state index contributed by atoms with van der Waals surface area (Å²) >= 11 is 0. The summed E-state index contributed by atoms with van der Waals surface area (Å²) in [5, 5.41) is 3.66. The van der Waals surface area contributed by atoms with Crippen LogP contribution in [0.5, 0.6) is 0 Å². The Balaban J connectivity index is 1.65. The summed E-state index contributed by atoms with van der Waals surface area (Å²) in [7, 11) is 0. The van der Waals surface area contributed by atoms with Gasteiger partial charge in [0.2, 0.25) is 0 Å². The van der Waals surface area contributed by atoms with Crippen LogP contribution in [0.25, 0.3) is 0 Å². The maximum atomic E-state index is 5.67. The van der Waals surface area contributed by atoms with E-state index in [-0.39, 0.29) is 0 Å². The highest BCUT2D eigenvalue weighted by molar-refractivity contribution is 5.19. The number of benzene rings is 1. The minimum Gasteiger partial charge on any atom is -0.381 e. The summed E-state index contributed by atoms with van der Waals surface area (Å²) in [6, 6.07) is 11.2. The molecule has 2 heteroatoms. The predicted molar refractivity (Wildman–Crippen MR) is 80.2 cm³/mol. The topological polar surface area (TPSA) is 21.3 Å². The first-order chi connectivity index (χ1) is 9.27. The van der Waals surface area contributed by atoms with Gasteiger partial charge in [-0.3, -0.25) is 0 Å².